The third-order valence-corrected chi connectivity index (χ3v) is 8.69. The fourth-order valence-electron chi connectivity index (χ4n) is 4.85. The predicted octanol–water partition coefficient (Wildman–Crippen LogP) is 7.45. The first-order chi connectivity index (χ1) is 18.9. The molecule has 2 amide bonds. The summed E-state index contributed by atoms with van der Waals surface area (Å²) in [5, 5.41) is 4.20. The Labute approximate surface area is 244 Å². The highest BCUT2D eigenvalue weighted by atomic mass is 35.5. The third kappa shape index (κ3) is 8.99. The van der Waals surface area contributed by atoms with Crippen LogP contribution in [0.4, 0.5) is 4.39 Å². The summed E-state index contributed by atoms with van der Waals surface area (Å²) in [5.41, 5.74) is 2.70. The molecule has 39 heavy (non-hydrogen) atoms. The molecule has 3 aromatic carbocycles. The fourth-order valence-corrected chi connectivity index (χ4v) is 6.03. The molecular formula is C31H33Cl2FN2O2S. The molecule has 0 aliphatic heterocycles. The van der Waals surface area contributed by atoms with Gasteiger partial charge in [-0.3, -0.25) is 9.59 Å². The van der Waals surface area contributed by atoms with Crippen molar-refractivity contribution in [3.8, 4) is 0 Å². The smallest absolute Gasteiger partial charge is 0.243 e. The maximum Gasteiger partial charge on any atom is 0.243 e. The van der Waals surface area contributed by atoms with Crippen molar-refractivity contribution < 1.29 is 14.0 Å². The van der Waals surface area contributed by atoms with E-state index in [2.05, 4.69) is 5.32 Å². The summed E-state index contributed by atoms with van der Waals surface area (Å²) in [6.07, 6.45) is 5.68. The molecule has 1 saturated carbocycles. The molecule has 0 unspecified atom stereocenters. The zero-order valence-electron chi connectivity index (χ0n) is 21.8. The van der Waals surface area contributed by atoms with E-state index in [0.717, 1.165) is 42.4 Å². The quantitative estimate of drug-likeness (QED) is 0.254. The highest BCUT2D eigenvalue weighted by Crippen LogP contribution is 2.25. The van der Waals surface area contributed by atoms with Crippen LogP contribution in [0.25, 0.3) is 0 Å². The van der Waals surface area contributed by atoms with Crippen LogP contribution in [-0.4, -0.2) is 34.6 Å². The normalized spacial score (nSPS) is 14.5. The van der Waals surface area contributed by atoms with Crippen LogP contribution < -0.4 is 5.32 Å². The Bertz CT molecular complexity index is 1240. The number of hydrogen-bond acceptors (Lipinski definition) is 3. The van der Waals surface area contributed by atoms with Crippen LogP contribution in [0.15, 0.2) is 72.8 Å². The summed E-state index contributed by atoms with van der Waals surface area (Å²) in [4.78, 5) is 29.2. The zero-order valence-corrected chi connectivity index (χ0v) is 24.1. The van der Waals surface area contributed by atoms with Crippen LogP contribution in [-0.2, 0) is 28.3 Å². The molecule has 0 bridgehead atoms. The molecule has 8 heteroatoms. The van der Waals surface area contributed by atoms with Gasteiger partial charge in [-0.25, -0.2) is 4.39 Å². The number of hydrogen-bond donors (Lipinski definition) is 1. The molecule has 0 saturated heterocycles. The Hall–Kier alpha value is -2.54. The van der Waals surface area contributed by atoms with Gasteiger partial charge in [0.05, 0.1) is 15.8 Å². The van der Waals surface area contributed by atoms with Crippen molar-refractivity contribution in [2.45, 2.75) is 62.9 Å². The van der Waals surface area contributed by atoms with Crippen LogP contribution in [0, 0.1) is 5.82 Å². The highest BCUT2D eigenvalue weighted by Gasteiger charge is 2.31. The SMILES string of the molecule is O=C(NC1CCCCC1)[C@@H](Cc1ccccc1)N(Cc1ccc(F)cc1)C(=O)CSCc1ccc(Cl)c(Cl)c1. The van der Waals surface area contributed by atoms with E-state index in [4.69, 9.17) is 23.2 Å². The molecule has 0 aromatic heterocycles. The number of nitrogens with zero attached hydrogens (tertiary/aromatic N) is 1. The van der Waals surface area contributed by atoms with Gasteiger partial charge < -0.3 is 10.2 Å². The lowest BCUT2D eigenvalue weighted by Crippen LogP contribution is -2.53. The number of nitrogens with one attached hydrogen (secondary N) is 1. The van der Waals surface area contributed by atoms with E-state index >= 15 is 0 Å². The van der Waals surface area contributed by atoms with Gasteiger partial charge in [0.1, 0.15) is 11.9 Å². The molecule has 0 radical (unpaired) electrons. The van der Waals surface area contributed by atoms with Gasteiger partial charge in [0.15, 0.2) is 0 Å². The largest absolute Gasteiger partial charge is 0.352 e. The van der Waals surface area contributed by atoms with Gasteiger partial charge in [0, 0.05) is 24.8 Å². The lowest BCUT2D eigenvalue weighted by atomic mass is 9.94. The molecule has 1 fully saturated rings. The Morgan fingerprint density at radius 1 is 0.897 bits per heavy atom. The molecule has 0 heterocycles. The van der Waals surface area contributed by atoms with Crippen molar-refractivity contribution >= 4 is 46.8 Å². The van der Waals surface area contributed by atoms with Crippen molar-refractivity contribution in [3.05, 3.63) is 105 Å². The summed E-state index contributed by atoms with van der Waals surface area (Å²) in [6, 6.07) is 20.7. The molecule has 1 N–H and O–H groups in total. The first-order valence-electron chi connectivity index (χ1n) is 13.3. The van der Waals surface area contributed by atoms with E-state index in [9.17, 15) is 14.0 Å². The first-order valence-corrected chi connectivity index (χ1v) is 15.2. The van der Waals surface area contributed by atoms with Crippen molar-refractivity contribution in [2.75, 3.05) is 5.75 Å². The lowest BCUT2D eigenvalue weighted by molar-refractivity contribution is -0.139. The summed E-state index contributed by atoms with van der Waals surface area (Å²) < 4.78 is 13.6. The van der Waals surface area contributed by atoms with Gasteiger partial charge in [-0.1, -0.05) is 91.0 Å². The molecular weight excluding hydrogens is 554 g/mol. The number of thioether (sulfide) groups is 1. The maximum atomic E-state index is 13.8. The van der Waals surface area contributed by atoms with Crippen molar-refractivity contribution in [2.24, 2.45) is 0 Å². The van der Waals surface area contributed by atoms with Crippen molar-refractivity contribution in [1.29, 1.82) is 0 Å². The van der Waals surface area contributed by atoms with Crippen molar-refractivity contribution in [3.63, 3.8) is 0 Å². The zero-order chi connectivity index (χ0) is 27.6. The van der Waals surface area contributed by atoms with E-state index in [-0.39, 0.29) is 36.0 Å². The van der Waals surface area contributed by atoms with Gasteiger partial charge in [0.2, 0.25) is 11.8 Å². The molecule has 0 spiro atoms. The molecule has 206 valence electrons. The molecule has 4 rings (SSSR count). The van der Waals surface area contributed by atoms with E-state index in [1.165, 1.54) is 30.3 Å². The molecule has 1 aliphatic carbocycles. The summed E-state index contributed by atoms with van der Waals surface area (Å²) in [7, 11) is 0. The number of carbonyl (C=O) groups is 2. The number of carbonyl (C=O) groups excluding carboxylic acids is 2. The van der Waals surface area contributed by atoms with E-state index in [0.29, 0.717) is 22.2 Å². The Morgan fingerprint density at radius 3 is 2.28 bits per heavy atom. The Balaban J connectivity index is 1.55. The molecule has 1 aliphatic rings. The van der Waals surface area contributed by atoms with Crippen LogP contribution in [0.1, 0.15) is 48.8 Å². The fraction of sp³-hybridized carbons (Fsp3) is 0.355. The third-order valence-electron chi connectivity index (χ3n) is 6.97. The topological polar surface area (TPSA) is 49.4 Å². The predicted molar refractivity (Wildman–Crippen MR) is 159 cm³/mol. The second-order valence-corrected chi connectivity index (χ2v) is 11.7. The first kappa shape index (κ1) is 29.4. The number of benzene rings is 3. The van der Waals surface area contributed by atoms with Crippen LogP contribution in [0.2, 0.25) is 10.0 Å². The number of halogens is 3. The monoisotopic (exact) mass is 586 g/mol. The lowest BCUT2D eigenvalue weighted by Gasteiger charge is -2.33. The second-order valence-electron chi connectivity index (χ2n) is 9.94. The average molecular weight is 588 g/mol. The van der Waals surface area contributed by atoms with Crippen molar-refractivity contribution in [1.82, 2.24) is 10.2 Å². The average Bonchev–Trinajstić information content (AvgIpc) is 2.94. The maximum absolute atomic E-state index is 13.8. The Morgan fingerprint density at radius 2 is 1.59 bits per heavy atom. The summed E-state index contributed by atoms with van der Waals surface area (Å²) >= 11 is 13.6. The van der Waals surface area contributed by atoms with E-state index in [1.807, 2.05) is 36.4 Å². The number of amides is 2. The van der Waals surface area contributed by atoms with Gasteiger partial charge in [0.25, 0.3) is 0 Å². The standard InChI is InChI=1S/C31H33Cl2FN2O2S/c32-27-16-13-24(17-28(27)33)20-39-21-30(37)36(19-23-11-14-25(34)15-12-23)29(18-22-7-3-1-4-8-22)31(38)35-26-9-5-2-6-10-26/h1,3-4,7-8,11-17,26,29H,2,5-6,9-10,18-21H2,(H,35,38)/t29-/m1/s1. The van der Waals surface area contributed by atoms with E-state index < -0.39 is 6.04 Å². The van der Waals surface area contributed by atoms with Gasteiger partial charge in [-0.15, -0.1) is 11.8 Å². The van der Waals surface area contributed by atoms with Crippen LogP contribution in [0.5, 0.6) is 0 Å². The minimum Gasteiger partial charge on any atom is -0.352 e. The number of rotatable bonds is 11. The van der Waals surface area contributed by atoms with Crippen LogP contribution in [0.3, 0.4) is 0 Å². The molecule has 1 atom stereocenters. The van der Waals surface area contributed by atoms with Gasteiger partial charge >= 0.3 is 0 Å². The van der Waals surface area contributed by atoms with Gasteiger partial charge in [-0.2, -0.15) is 0 Å². The Kier molecular flexibility index (Phi) is 11.1. The summed E-state index contributed by atoms with van der Waals surface area (Å²) in [6.45, 7) is 0.210. The summed E-state index contributed by atoms with van der Waals surface area (Å²) in [5.74, 6) is 0.123. The minimum atomic E-state index is -0.697. The second kappa shape index (κ2) is 14.7. The molecule has 4 nitrogen and oxygen atoms in total. The van der Waals surface area contributed by atoms with Crippen LogP contribution >= 0.6 is 35.0 Å². The van der Waals surface area contributed by atoms with E-state index in [1.54, 1.807) is 29.2 Å². The highest BCUT2D eigenvalue weighted by molar-refractivity contribution is 7.99. The molecule has 3 aromatic rings. The van der Waals surface area contributed by atoms with Gasteiger partial charge in [-0.05, 0) is 53.8 Å². The minimum absolute atomic E-state index is 0.122.